The number of imidazole rings is 2. The van der Waals surface area contributed by atoms with Crippen LogP contribution in [0.2, 0.25) is 0 Å². The van der Waals surface area contributed by atoms with E-state index < -0.39 is 0 Å². The van der Waals surface area contributed by atoms with Crippen molar-refractivity contribution in [2.24, 2.45) is 0 Å². The Kier molecular flexibility index (Phi) is 8.53. The predicted molar refractivity (Wildman–Crippen MR) is 101 cm³/mol. The molecule has 7 heteroatoms. The first-order valence-corrected chi connectivity index (χ1v) is 7.94. The first-order valence-electron chi connectivity index (χ1n) is 7.94. The second-order valence-electron chi connectivity index (χ2n) is 5.07. The molecule has 0 atom stereocenters. The zero-order chi connectivity index (χ0) is 17.9. The summed E-state index contributed by atoms with van der Waals surface area (Å²) in [7, 11) is 0. The van der Waals surface area contributed by atoms with Gasteiger partial charge < -0.3 is 19.9 Å². The Morgan fingerprint density at radius 2 is 1.11 bits per heavy atom. The zero-order valence-electron chi connectivity index (χ0n) is 14.6. The van der Waals surface area contributed by atoms with E-state index in [0.29, 0.717) is 0 Å². The summed E-state index contributed by atoms with van der Waals surface area (Å²) in [5.41, 5.74) is 3.55. The first kappa shape index (κ1) is 20.1. The van der Waals surface area contributed by atoms with Crippen LogP contribution in [0.15, 0.2) is 73.8 Å². The van der Waals surface area contributed by atoms with Crippen LogP contribution < -0.4 is 9.97 Å². The van der Waals surface area contributed by atoms with Crippen LogP contribution >= 0.6 is 0 Å². The van der Waals surface area contributed by atoms with Gasteiger partial charge in [-0.05, 0) is 47.8 Å². The van der Waals surface area contributed by atoms with E-state index in [1.54, 1.807) is 24.8 Å². The van der Waals surface area contributed by atoms with E-state index in [2.05, 4.69) is 29.9 Å². The van der Waals surface area contributed by atoms with Crippen LogP contribution in [-0.2, 0) is 19.5 Å². The molecule has 0 bridgehead atoms. The molecule has 0 N–H and O–H groups in total. The molecule has 6 nitrogen and oxygen atoms in total. The van der Waals surface area contributed by atoms with Gasteiger partial charge >= 0.3 is 19.5 Å². The van der Waals surface area contributed by atoms with Gasteiger partial charge in [0.1, 0.15) is 0 Å². The maximum atomic E-state index is 4.14. The molecule has 0 saturated heterocycles. The summed E-state index contributed by atoms with van der Waals surface area (Å²) in [4.78, 5) is 24.0. The predicted octanol–water partition coefficient (Wildman–Crippen LogP) is 3.21. The van der Waals surface area contributed by atoms with Crippen LogP contribution in [-0.4, -0.2) is 19.9 Å². The van der Waals surface area contributed by atoms with Gasteiger partial charge in [-0.3, -0.25) is 9.97 Å². The fraction of sp³-hybridized carbons (Fsp3) is 0. The van der Waals surface area contributed by atoms with Crippen LogP contribution in [0.3, 0.4) is 0 Å². The van der Waals surface area contributed by atoms with E-state index in [1.807, 2.05) is 60.7 Å². The van der Waals surface area contributed by atoms with Crippen LogP contribution in [0, 0.1) is 0 Å². The average Bonchev–Trinajstić information content (AvgIpc) is 3.41. The minimum atomic E-state index is 0. The van der Waals surface area contributed by atoms with Gasteiger partial charge in [0.05, 0.1) is 11.4 Å². The van der Waals surface area contributed by atoms with Crippen molar-refractivity contribution in [3.8, 4) is 0 Å². The van der Waals surface area contributed by atoms with Crippen molar-refractivity contribution in [1.29, 1.82) is 0 Å². The molecule has 27 heavy (non-hydrogen) atoms. The molecule has 0 amide bonds. The van der Waals surface area contributed by atoms with Gasteiger partial charge in [0.15, 0.2) is 0 Å². The van der Waals surface area contributed by atoms with Gasteiger partial charge in [-0.2, -0.15) is 0 Å². The molecule has 4 rings (SSSR count). The third-order valence-electron chi connectivity index (χ3n) is 3.19. The topological polar surface area (TPSA) is 79.8 Å². The molecule has 4 aromatic rings. The molecule has 0 fully saturated rings. The Hall–Kier alpha value is -3.18. The Morgan fingerprint density at radius 1 is 0.630 bits per heavy atom. The van der Waals surface area contributed by atoms with Crippen LogP contribution in [0.1, 0.15) is 22.8 Å². The van der Waals surface area contributed by atoms with Crippen molar-refractivity contribution in [2.75, 3.05) is 0 Å². The molecule has 0 saturated carbocycles. The van der Waals surface area contributed by atoms with Crippen molar-refractivity contribution in [1.82, 2.24) is 29.9 Å². The number of pyridine rings is 2. The largest absolute Gasteiger partial charge is 2.00 e. The summed E-state index contributed by atoms with van der Waals surface area (Å²) in [6.45, 7) is 0. The second-order valence-corrected chi connectivity index (χ2v) is 5.07. The van der Waals surface area contributed by atoms with Crippen molar-refractivity contribution < 1.29 is 19.5 Å². The quantitative estimate of drug-likeness (QED) is 0.485. The molecule has 4 heterocycles. The summed E-state index contributed by atoms with van der Waals surface area (Å²) in [5, 5.41) is 0. The summed E-state index contributed by atoms with van der Waals surface area (Å²) >= 11 is 0. The summed E-state index contributed by atoms with van der Waals surface area (Å²) < 4.78 is 0. The fourth-order valence-corrected chi connectivity index (χ4v) is 1.95. The summed E-state index contributed by atoms with van der Waals surface area (Å²) in [6, 6.07) is 11.5. The molecule has 0 aliphatic rings. The summed E-state index contributed by atoms with van der Waals surface area (Å²) in [5.74, 6) is 0. The molecule has 0 aliphatic heterocycles. The molecule has 0 unspecified atom stereocenters. The third-order valence-corrected chi connectivity index (χ3v) is 3.19. The number of aromatic nitrogens is 6. The standard InChI is InChI=1S/2C10H8N3.Zn/c2*1-2-6-12-9(3-1)4-5-10-7-11-8-13-10;/h2*1-8H;/q2*-1;+2/b2*5-4-;. The van der Waals surface area contributed by atoms with Crippen LogP contribution in [0.4, 0.5) is 0 Å². The molecular weight excluding hydrogens is 390 g/mol. The van der Waals surface area contributed by atoms with E-state index >= 15 is 0 Å². The SMILES string of the molecule is C(=C/c1cnc[n-]1)/c1ccccn1.C(=C/c1cnc[n-]1)/c1ccccn1.[Zn+2]. The van der Waals surface area contributed by atoms with Crippen molar-refractivity contribution >= 4 is 24.3 Å². The molecule has 0 spiro atoms. The molecule has 128 valence electrons. The van der Waals surface area contributed by atoms with Gasteiger partial charge in [0.2, 0.25) is 0 Å². The average molecular weight is 406 g/mol. The maximum absolute atomic E-state index is 4.14. The van der Waals surface area contributed by atoms with Gasteiger partial charge in [-0.15, -0.1) is 0 Å². The molecule has 0 aromatic carbocycles. The Labute approximate surface area is 170 Å². The summed E-state index contributed by atoms with van der Waals surface area (Å²) in [6.07, 6.45) is 17.6. The van der Waals surface area contributed by atoms with Crippen LogP contribution in [0.25, 0.3) is 24.3 Å². The van der Waals surface area contributed by atoms with E-state index in [1.165, 1.54) is 12.7 Å². The second kappa shape index (κ2) is 11.4. The van der Waals surface area contributed by atoms with E-state index in [-0.39, 0.29) is 19.5 Å². The van der Waals surface area contributed by atoms with Gasteiger partial charge in [-0.1, -0.05) is 49.3 Å². The monoisotopic (exact) mass is 404 g/mol. The number of hydrogen-bond acceptors (Lipinski definition) is 4. The molecule has 0 radical (unpaired) electrons. The zero-order valence-corrected chi connectivity index (χ0v) is 17.6. The molecular formula is C20H16N6Zn. The van der Waals surface area contributed by atoms with Gasteiger partial charge in [0, 0.05) is 12.4 Å². The Bertz CT molecular complexity index is 838. The minimum absolute atomic E-state index is 0. The number of hydrogen-bond donors (Lipinski definition) is 0. The Balaban J connectivity index is 0.000000187. The third kappa shape index (κ3) is 7.30. The van der Waals surface area contributed by atoms with E-state index in [9.17, 15) is 0 Å². The van der Waals surface area contributed by atoms with Crippen molar-refractivity contribution in [2.45, 2.75) is 0 Å². The first-order chi connectivity index (χ1) is 12.9. The molecule has 0 aliphatic carbocycles. The van der Waals surface area contributed by atoms with Crippen LogP contribution in [0.5, 0.6) is 0 Å². The molecule has 4 aromatic heterocycles. The van der Waals surface area contributed by atoms with E-state index in [4.69, 9.17) is 0 Å². The van der Waals surface area contributed by atoms with Crippen molar-refractivity contribution in [3.05, 3.63) is 96.6 Å². The van der Waals surface area contributed by atoms with Crippen molar-refractivity contribution in [3.63, 3.8) is 0 Å². The van der Waals surface area contributed by atoms with E-state index in [0.717, 1.165) is 22.8 Å². The van der Waals surface area contributed by atoms with Gasteiger partial charge in [-0.25, -0.2) is 0 Å². The fourth-order valence-electron chi connectivity index (χ4n) is 1.95. The van der Waals surface area contributed by atoms with Gasteiger partial charge in [0.25, 0.3) is 0 Å². The Morgan fingerprint density at radius 3 is 1.44 bits per heavy atom. The number of nitrogens with zero attached hydrogens (tertiary/aromatic N) is 6. The smallest absolute Gasteiger partial charge is 0.449 e. The number of rotatable bonds is 4. The normalized spacial score (nSPS) is 10.4. The minimum Gasteiger partial charge on any atom is -0.449 e. The maximum Gasteiger partial charge on any atom is 2.00 e.